The van der Waals surface area contributed by atoms with E-state index >= 15 is 4.39 Å². The normalized spacial score (nSPS) is 11.5. The van der Waals surface area contributed by atoms with E-state index in [4.69, 9.17) is 4.98 Å². The predicted octanol–water partition coefficient (Wildman–Crippen LogP) is 6.67. The lowest BCUT2D eigenvalue weighted by Crippen LogP contribution is -2.30. The van der Waals surface area contributed by atoms with Crippen LogP contribution in [-0.4, -0.2) is 19.7 Å². The summed E-state index contributed by atoms with van der Waals surface area (Å²) in [6.07, 6.45) is 1.18. The second kappa shape index (κ2) is 9.31. The average Bonchev–Trinajstić information content (AvgIpc) is 2.87. The van der Waals surface area contributed by atoms with Crippen molar-refractivity contribution in [3.8, 4) is 22.4 Å². The zero-order valence-corrected chi connectivity index (χ0v) is 19.9. The maximum absolute atomic E-state index is 15.3. The van der Waals surface area contributed by atoms with E-state index in [9.17, 15) is 8.42 Å². The monoisotopic (exact) mass is 482 g/mol. The molecule has 5 aromatic rings. The number of sulfonamides is 1. The fraction of sp³-hybridized carbons (Fsp3) is 0.0690. The van der Waals surface area contributed by atoms with Gasteiger partial charge < -0.3 is 0 Å². The summed E-state index contributed by atoms with van der Waals surface area (Å²) in [7, 11) is -3.77. The molecule has 0 fully saturated rings. The Hall–Kier alpha value is -4.03. The van der Waals surface area contributed by atoms with Crippen molar-refractivity contribution >= 4 is 26.6 Å². The van der Waals surface area contributed by atoms with Gasteiger partial charge in [-0.15, -0.1) is 0 Å². The fourth-order valence-corrected chi connectivity index (χ4v) is 5.19. The molecule has 0 saturated carbocycles. The van der Waals surface area contributed by atoms with E-state index in [2.05, 4.69) is 0 Å². The molecule has 0 spiro atoms. The number of fused-ring (bicyclic) bond motifs is 1. The molecule has 5 rings (SSSR count). The van der Waals surface area contributed by atoms with Crippen molar-refractivity contribution in [1.29, 1.82) is 0 Å². The molecule has 4 nitrogen and oxygen atoms in total. The minimum atomic E-state index is -3.77. The Morgan fingerprint density at radius 3 is 2.06 bits per heavy atom. The summed E-state index contributed by atoms with van der Waals surface area (Å²) in [6.45, 7) is 0.101. The molecule has 0 radical (unpaired) electrons. The first-order valence-corrected chi connectivity index (χ1v) is 13.0. The molecule has 0 bridgehead atoms. The highest BCUT2D eigenvalue weighted by Gasteiger charge is 2.28. The number of nitrogens with zero attached hydrogens (tertiary/aromatic N) is 2. The Kier molecular flexibility index (Phi) is 6.05. The minimum Gasteiger partial charge on any atom is -0.265 e. The third kappa shape index (κ3) is 4.53. The van der Waals surface area contributed by atoms with E-state index < -0.39 is 15.8 Å². The Balaban J connectivity index is 1.93. The van der Waals surface area contributed by atoms with E-state index in [0.717, 1.165) is 11.1 Å². The summed E-state index contributed by atoms with van der Waals surface area (Å²) in [5, 5.41) is 0.631. The van der Waals surface area contributed by atoms with Gasteiger partial charge in [0.1, 0.15) is 5.82 Å². The molecular weight excluding hydrogens is 459 g/mol. The molecule has 0 atom stereocenters. The van der Waals surface area contributed by atoms with Crippen molar-refractivity contribution in [3.63, 3.8) is 0 Å². The van der Waals surface area contributed by atoms with E-state index in [1.165, 1.54) is 16.6 Å². The lowest BCUT2D eigenvalue weighted by molar-refractivity contribution is 0.596. The van der Waals surface area contributed by atoms with Gasteiger partial charge in [0.05, 0.1) is 29.7 Å². The van der Waals surface area contributed by atoms with Crippen LogP contribution in [0.25, 0.3) is 33.3 Å². The molecule has 4 aromatic carbocycles. The van der Waals surface area contributed by atoms with E-state index in [-0.39, 0.29) is 6.54 Å². The van der Waals surface area contributed by atoms with Gasteiger partial charge in [0.15, 0.2) is 0 Å². The Morgan fingerprint density at radius 1 is 0.771 bits per heavy atom. The molecule has 0 N–H and O–H groups in total. The van der Waals surface area contributed by atoms with Crippen LogP contribution in [0.4, 0.5) is 10.1 Å². The highest BCUT2D eigenvalue weighted by molar-refractivity contribution is 7.92. The summed E-state index contributed by atoms with van der Waals surface area (Å²) in [5.74, 6) is -0.448. The Morgan fingerprint density at radius 2 is 1.37 bits per heavy atom. The highest BCUT2D eigenvalue weighted by atomic mass is 32.2. The van der Waals surface area contributed by atoms with Crippen LogP contribution < -0.4 is 4.31 Å². The summed E-state index contributed by atoms with van der Waals surface area (Å²) in [6, 6.07) is 32.6. The van der Waals surface area contributed by atoms with Gasteiger partial charge in [-0.1, -0.05) is 97.1 Å². The first kappa shape index (κ1) is 22.7. The SMILES string of the molecule is CS(=O)(=O)N(Cc1ccccc1)c1c(-c2ccccc2F)c(-c2ccccc2)nc2ccccc12. The number of halogens is 1. The summed E-state index contributed by atoms with van der Waals surface area (Å²) in [4.78, 5) is 4.91. The molecular formula is C29H23FN2O2S. The van der Waals surface area contributed by atoms with Crippen molar-refractivity contribution < 1.29 is 12.8 Å². The topological polar surface area (TPSA) is 50.3 Å². The Bertz CT molecular complexity index is 1600. The van der Waals surface area contributed by atoms with Crippen LogP contribution in [0.1, 0.15) is 5.56 Å². The van der Waals surface area contributed by atoms with Crippen LogP contribution in [0.5, 0.6) is 0 Å². The van der Waals surface area contributed by atoms with Crippen LogP contribution in [0.2, 0.25) is 0 Å². The largest absolute Gasteiger partial charge is 0.265 e. The molecule has 0 saturated heterocycles. The first-order valence-electron chi connectivity index (χ1n) is 11.2. The van der Waals surface area contributed by atoms with Gasteiger partial charge in [0.25, 0.3) is 0 Å². The second-order valence-corrected chi connectivity index (χ2v) is 10.2. The molecule has 0 aliphatic carbocycles. The van der Waals surface area contributed by atoms with Gasteiger partial charge in [0, 0.05) is 22.1 Å². The molecule has 0 aliphatic rings. The number of pyridine rings is 1. The van der Waals surface area contributed by atoms with Gasteiger partial charge in [-0.05, 0) is 17.7 Å². The van der Waals surface area contributed by atoms with E-state index in [1.54, 1.807) is 18.2 Å². The number of hydrogen-bond donors (Lipinski definition) is 0. The standard InChI is InChI=1S/C29H23FN2O2S/c1-35(33,34)32(20-21-12-4-2-5-13-21)29-24-17-9-11-19-26(24)31-28(22-14-6-3-7-15-22)27(29)23-16-8-10-18-25(23)30/h2-19H,20H2,1H3. The molecule has 0 aliphatic heterocycles. The molecule has 174 valence electrons. The van der Waals surface area contributed by atoms with Gasteiger partial charge >= 0.3 is 0 Å². The first-order chi connectivity index (χ1) is 16.9. The highest BCUT2D eigenvalue weighted by Crippen LogP contribution is 2.45. The molecule has 6 heteroatoms. The van der Waals surface area contributed by atoms with Crippen LogP contribution in [0, 0.1) is 5.82 Å². The number of anilines is 1. The van der Waals surface area contributed by atoms with Gasteiger partial charge in [-0.2, -0.15) is 0 Å². The zero-order chi connectivity index (χ0) is 24.4. The van der Waals surface area contributed by atoms with Crippen molar-refractivity contribution in [2.45, 2.75) is 6.54 Å². The number of rotatable bonds is 6. The van der Waals surface area contributed by atoms with Gasteiger partial charge in [-0.3, -0.25) is 4.31 Å². The number of aromatic nitrogens is 1. The molecule has 1 aromatic heterocycles. The van der Waals surface area contributed by atoms with Crippen molar-refractivity contribution in [1.82, 2.24) is 4.98 Å². The van der Waals surface area contributed by atoms with Crippen LogP contribution in [0.3, 0.4) is 0 Å². The van der Waals surface area contributed by atoms with Crippen LogP contribution in [-0.2, 0) is 16.6 Å². The maximum atomic E-state index is 15.3. The van der Waals surface area contributed by atoms with Gasteiger partial charge in [-0.25, -0.2) is 17.8 Å². The van der Waals surface area contributed by atoms with Crippen molar-refractivity contribution in [2.75, 3.05) is 10.6 Å². The fourth-order valence-electron chi connectivity index (χ4n) is 4.29. The number of para-hydroxylation sites is 1. The summed E-state index contributed by atoms with van der Waals surface area (Å²) in [5.41, 5.74) is 3.88. The molecule has 0 unspecified atom stereocenters. The van der Waals surface area contributed by atoms with Crippen molar-refractivity contribution in [3.05, 3.63) is 121 Å². The van der Waals surface area contributed by atoms with Crippen LogP contribution in [0.15, 0.2) is 109 Å². The molecule has 35 heavy (non-hydrogen) atoms. The third-order valence-corrected chi connectivity index (χ3v) is 6.99. The zero-order valence-electron chi connectivity index (χ0n) is 19.1. The van der Waals surface area contributed by atoms with Gasteiger partial charge in [0.2, 0.25) is 10.0 Å². The molecule has 1 heterocycles. The smallest absolute Gasteiger partial charge is 0.232 e. The lowest BCUT2D eigenvalue weighted by Gasteiger charge is -2.28. The third-order valence-electron chi connectivity index (χ3n) is 5.87. The number of benzene rings is 4. The minimum absolute atomic E-state index is 0.101. The molecule has 0 amide bonds. The van der Waals surface area contributed by atoms with E-state index in [0.29, 0.717) is 33.4 Å². The second-order valence-electron chi connectivity index (χ2n) is 8.30. The summed E-state index contributed by atoms with van der Waals surface area (Å²) >= 11 is 0. The Labute approximate surface area is 204 Å². The lowest BCUT2D eigenvalue weighted by atomic mass is 9.94. The maximum Gasteiger partial charge on any atom is 0.232 e. The van der Waals surface area contributed by atoms with Crippen molar-refractivity contribution in [2.24, 2.45) is 0 Å². The average molecular weight is 483 g/mol. The number of hydrogen-bond acceptors (Lipinski definition) is 3. The quantitative estimate of drug-likeness (QED) is 0.271. The van der Waals surface area contributed by atoms with E-state index in [1.807, 2.05) is 84.9 Å². The predicted molar refractivity (Wildman–Crippen MR) is 140 cm³/mol. The summed E-state index contributed by atoms with van der Waals surface area (Å²) < 4.78 is 43.3. The van der Waals surface area contributed by atoms with Crippen LogP contribution >= 0.6 is 0 Å².